The molecule has 0 saturated carbocycles. The molecule has 0 aromatic carbocycles. The number of carbonyl (C=O) groups is 1. The van der Waals surface area contributed by atoms with Crippen LogP contribution in [0.4, 0.5) is 0 Å². The summed E-state index contributed by atoms with van der Waals surface area (Å²) in [6.45, 7) is 3.44. The minimum Gasteiger partial charge on any atom is -0.477 e. The third-order valence-corrected chi connectivity index (χ3v) is 3.95. The lowest BCUT2D eigenvalue weighted by Crippen LogP contribution is -2.17. The van der Waals surface area contributed by atoms with Crippen LogP contribution in [-0.4, -0.2) is 32.8 Å². The van der Waals surface area contributed by atoms with Crippen LogP contribution in [0, 0.1) is 6.92 Å². The molecule has 1 N–H and O–H groups in total. The van der Waals surface area contributed by atoms with Crippen molar-refractivity contribution >= 4 is 17.3 Å². The Balaban J connectivity index is 2.02. The maximum absolute atomic E-state index is 10.9. The summed E-state index contributed by atoms with van der Waals surface area (Å²) < 4.78 is 1.78. The van der Waals surface area contributed by atoms with Crippen molar-refractivity contribution in [1.29, 1.82) is 0 Å². The topological polar surface area (TPSA) is 58.4 Å². The third kappa shape index (κ3) is 3.42. The SMILES string of the molecule is Cc1sc(C(=O)O)cc1CN(C)Cc1ccn(C)n1. The average Bonchev–Trinajstić information content (AvgIpc) is 2.86. The van der Waals surface area contributed by atoms with Crippen molar-refractivity contribution in [2.45, 2.75) is 20.0 Å². The first-order valence-corrected chi connectivity index (χ1v) is 6.77. The molecular weight excluding hydrogens is 262 g/mol. The predicted octanol–water partition coefficient (Wildman–Crippen LogP) is 2.12. The Hall–Kier alpha value is -1.66. The van der Waals surface area contributed by atoms with E-state index in [1.54, 1.807) is 10.7 Å². The Morgan fingerprint density at radius 1 is 1.53 bits per heavy atom. The fourth-order valence-electron chi connectivity index (χ4n) is 1.95. The van der Waals surface area contributed by atoms with Crippen molar-refractivity contribution < 1.29 is 9.90 Å². The fourth-order valence-corrected chi connectivity index (χ4v) is 2.83. The summed E-state index contributed by atoms with van der Waals surface area (Å²) in [4.78, 5) is 14.5. The summed E-state index contributed by atoms with van der Waals surface area (Å²) in [7, 11) is 3.90. The first kappa shape index (κ1) is 13.8. The zero-order valence-electron chi connectivity index (χ0n) is 11.3. The third-order valence-electron chi connectivity index (χ3n) is 2.87. The molecule has 0 aliphatic rings. The molecule has 0 spiro atoms. The predicted molar refractivity (Wildman–Crippen MR) is 74.4 cm³/mol. The first-order chi connectivity index (χ1) is 8.95. The normalized spacial score (nSPS) is 11.2. The number of aryl methyl sites for hydroxylation is 2. The standard InChI is InChI=1S/C13H17N3O2S/c1-9-10(6-12(19-9)13(17)18)7-15(2)8-11-4-5-16(3)14-11/h4-6H,7-8H2,1-3H3,(H,17,18). The summed E-state index contributed by atoms with van der Waals surface area (Å²) >= 11 is 1.33. The molecular formula is C13H17N3O2S. The molecule has 0 unspecified atom stereocenters. The van der Waals surface area contributed by atoms with Gasteiger partial charge in [-0.2, -0.15) is 5.10 Å². The first-order valence-electron chi connectivity index (χ1n) is 5.95. The van der Waals surface area contributed by atoms with Gasteiger partial charge in [0.25, 0.3) is 0 Å². The van der Waals surface area contributed by atoms with Crippen molar-refractivity contribution in [3.05, 3.63) is 39.3 Å². The Bertz CT molecular complexity index is 588. The van der Waals surface area contributed by atoms with Gasteiger partial charge in [0, 0.05) is 31.2 Å². The number of nitrogens with zero attached hydrogens (tertiary/aromatic N) is 3. The van der Waals surface area contributed by atoms with Gasteiger partial charge >= 0.3 is 5.97 Å². The highest BCUT2D eigenvalue weighted by Gasteiger charge is 2.13. The molecule has 0 saturated heterocycles. The van der Waals surface area contributed by atoms with Crippen LogP contribution in [0.15, 0.2) is 18.3 Å². The van der Waals surface area contributed by atoms with Gasteiger partial charge in [0.15, 0.2) is 0 Å². The highest BCUT2D eigenvalue weighted by Crippen LogP contribution is 2.23. The van der Waals surface area contributed by atoms with E-state index in [2.05, 4.69) is 10.00 Å². The summed E-state index contributed by atoms with van der Waals surface area (Å²) in [5.41, 5.74) is 2.08. The molecule has 102 valence electrons. The minimum absolute atomic E-state index is 0.402. The second-order valence-electron chi connectivity index (χ2n) is 4.65. The van der Waals surface area contributed by atoms with Crippen LogP contribution < -0.4 is 0 Å². The maximum atomic E-state index is 10.9. The zero-order chi connectivity index (χ0) is 14.0. The van der Waals surface area contributed by atoms with Gasteiger partial charge in [-0.25, -0.2) is 4.79 Å². The number of rotatable bonds is 5. The molecule has 5 nitrogen and oxygen atoms in total. The van der Waals surface area contributed by atoms with Crippen LogP contribution in [0.3, 0.4) is 0 Å². The summed E-state index contributed by atoms with van der Waals surface area (Å²) in [6.07, 6.45) is 1.92. The highest BCUT2D eigenvalue weighted by molar-refractivity contribution is 7.14. The van der Waals surface area contributed by atoms with Crippen molar-refractivity contribution in [3.8, 4) is 0 Å². The van der Waals surface area contributed by atoms with Gasteiger partial charge in [-0.1, -0.05) is 0 Å². The molecule has 0 bridgehead atoms. The molecule has 2 heterocycles. The molecule has 19 heavy (non-hydrogen) atoms. The van der Waals surface area contributed by atoms with E-state index in [4.69, 9.17) is 5.11 Å². The molecule has 2 aromatic rings. The molecule has 2 aromatic heterocycles. The van der Waals surface area contributed by atoms with Crippen molar-refractivity contribution in [2.75, 3.05) is 7.05 Å². The summed E-state index contributed by atoms with van der Waals surface area (Å²) in [6, 6.07) is 3.75. The van der Waals surface area contributed by atoms with Crippen molar-refractivity contribution in [2.24, 2.45) is 7.05 Å². The number of hydrogen-bond donors (Lipinski definition) is 1. The van der Waals surface area contributed by atoms with Crippen molar-refractivity contribution in [3.63, 3.8) is 0 Å². The summed E-state index contributed by atoms with van der Waals surface area (Å²) in [5, 5.41) is 13.3. The zero-order valence-corrected chi connectivity index (χ0v) is 12.1. The van der Waals surface area contributed by atoms with Gasteiger partial charge in [0.2, 0.25) is 0 Å². The molecule has 0 aliphatic heterocycles. The number of hydrogen-bond acceptors (Lipinski definition) is 4. The van der Waals surface area contributed by atoms with Gasteiger partial charge < -0.3 is 5.11 Å². The van der Waals surface area contributed by atoms with Gasteiger partial charge in [-0.3, -0.25) is 9.58 Å². The smallest absolute Gasteiger partial charge is 0.345 e. The Morgan fingerprint density at radius 3 is 2.79 bits per heavy atom. The monoisotopic (exact) mass is 279 g/mol. The van der Waals surface area contributed by atoms with Crippen LogP contribution in [-0.2, 0) is 20.1 Å². The molecule has 0 radical (unpaired) electrons. The van der Waals surface area contributed by atoms with E-state index < -0.39 is 5.97 Å². The van der Waals surface area contributed by atoms with Crippen LogP contribution in [0.5, 0.6) is 0 Å². The van der Waals surface area contributed by atoms with Crippen LogP contribution in [0.2, 0.25) is 0 Å². The highest BCUT2D eigenvalue weighted by atomic mass is 32.1. The lowest BCUT2D eigenvalue weighted by Gasteiger charge is -2.14. The lowest BCUT2D eigenvalue weighted by molar-refractivity contribution is 0.0702. The fraction of sp³-hybridized carbons (Fsp3) is 0.385. The maximum Gasteiger partial charge on any atom is 0.345 e. The van der Waals surface area contributed by atoms with E-state index in [1.165, 1.54) is 11.3 Å². The van der Waals surface area contributed by atoms with Crippen LogP contribution in [0.1, 0.15) is 25.8 Å². The number of aromatic carboxylic acids is 1. The molecule has 0 amide bonds. The lowest BCUT2D eigenvalue weighted by atomic mass is 10.2. The number of aromatic nitrogens is 2. The number of carboxylic acid groups (broad SMARTS) is 1. The van der Waals surface area contributed by atoms with E-state index in [9.17, 15) is 4.79 Å². The Labute approximate surface area is 116 Å². The summed E-state index contributed by atoms with van der Waals surface area (Å²) in [5.74, 6) is -0.855. The Kier molecular flexibility index (Phi) is 4.01. The molecule has 2 rings (SSSR count). The minimum atomic E-state index is -0.855. The number of carboxylic acids is 1. The molecule has 0 atom stereocenters. The van der Waals surface area contributed by atoms with Gasteiger partial charge in [0.1, 0.15) is 4.88 Å². The largest absolute Gasteiger partial charge is 0.477 e. The van der Waals surface area contributed by atoms with Crippen molar-refractivity contribution in [1.82, 2.24) is 14.7 Å². The Morgan fingerprint density at radius 2 is 2.26 bits per heavy atom. The second kappa shape index (κ2) is 5.54. The van der Waals surface area contributed by atoms with E-state index in [0.29, 0.717) is 4.88 Å². The quantitative estimate of drug-likeness (QED) is 0.911. The van der Waals surface area contributed by atoms with E-state index >= 15 is 0 Å². The van der Waals surface area contributed by atoms with Crippen LogP contribution in [0.25, 0.3) is 0 Å². The molecule has 6 heteroatoms. The van der Waals surface area contributed by atoms with Gasteiger partial charge in [-0.05, 0) is 31.7 Å². The van der Waals surface area contributed by atoms with E-state index in [-0.39, 0.29) is 0 Å². The molecule has 0 fully saturated rings. The van der Waals surface area contributed by atoms with Gasteiger partial charge in [0.05, 0.1) is 5.69 Å². The van der Waals surface area contributed by atoms with Crippen LogP contribution >= 0.6 is 11.3 Å². The average molecular weight is 279 g/mol. The van der Waals surface area contributed by atoms with E-state index in [0.717, 1.165) is 29.2 Å². The molecule has 0 aliphatic carbocycles. The van der Waals surface area contributed by atoms with E-state index in [1.807, 2.05) is 33.3 Å². The van der Waals surface area contributed by atoms with Gasteiger partial charge in [-0.15, -0.1) is 11.3 Å². The number of thiophene rings is 1. The second-order valence-corrected chi connectivity index (χ2v) is 5.91.